The van der Waals surface area contributed by atoms with Gasteiger partial charge in [-0.1, -0.05) is 25.3 Å². The average molecular weight is 290 g/mol. The maximum atomic E-state index is 11.9. The highest BCUT2D eigenvalue weighted by Crippen LogP contribution is 2.19. The summed E-state index contributed by atoms with van der Waals surface area (Å²) < 4.78 is 3.85. The second-order valence-electron chi connectivity index (χ2n) is 4.80. The SMILES string of the molecule is CC(CCl)CCCNC(=O)c1snnc1C(C)C. The molecule has 0 aliphatic heterocycles. The number of aromatic nitrogens is 2. The van der Waals surface area contributed by atoms with Crippen LogP contribution in [0.25, 0.3) is 0 Å². The Balaban J connectivity index is 2.39. The topological polar surface area (TPSA) is 54.9 Å². The van der Waals surface area contributed by atoms with Crippen molar-refractivity contribution >= 4 is 29.0 Å². The summed E-state index contributed by atoms with van der Waals surface area (Å²) in [7, 11) is 0. The van der Waals surface area contributed by atoms with Crippen molar-refractivity contribution in [2.45, 2.75) is 39.5 Å². The molecule has 0 saturated heterocycles. The molecular formula is C12H20ClN3OS. The zero-order chi connectivity index (χ0) is 13.5. The van der Waals surface area contributed by atoms with Gasteiger partial charge in [-0.2, -0.15) is 0 Å². The van der Waals surface area contributed by atoms with Gasteiger partial charge in [-0.05, 0) is 36.2 Å². The van der Waals surface area contributed by atoms with Crippen LogP contribution in [0.2, 0.25) is 0 Å². The molecule has 1 heterocycles. The monoisotopic (exact) mass is 289 g/mol. The number of carbonyl (C=O) groups is 1. The molecular weight excluding hydrogens is 270 g/mol. The molecule has 0 bridgehead atoms. The van der Waals surface area contributed by atoms with E-state index in [9.17, 15) is 4.79 Å². The van der Waals surface area contributed by atoms with Gasteiger partial charge >= 0.3 is 0 Å². The predicted octanol–water partition coefficient (Wildman–Crippen LogP) is 3.05. The fourth-order valence-corrected chi connectivity index (χ4v) is 2.43. The number of amides is 1. The molecule has 0 radical (unpaired) electrons. The lowest BCUT2D eigenvalue weighted by Crippen LogP contribution is -2.25. The molecule has 0 aliphatic rings. The second-order valence-corrected chi connectivity index (χ2v) is 5.86. The molecule has 0 aliphatic carbocycles. The largest absolute Gasteiger partial charge is 0.351 e. The van der Waals surface area contributed by atoms with E-state index < -0.39 is 0 Å². The third-order valence-electron chi connectivity index (χ3n) is 2.69. The van der Waals surface area contributed by atoms with Gasteiger partial charge in [0.25, 0.3) is 5.91 Å². The van der Waals surface area contributed by atoms with Crippen LogP contribution in [0.4, 0.5) is 0 Å². The summed E-state index contributed by atoms with van der Waals surface area (Å²) in [5.41, 5.74) is 0.784. The Morgan fingerprint density at radius 1 is 1.44 bits per heavy atom. The lowest BCUT2D eigenvalue weighted by atomic mass is 10.1. The number of hydrogen-bond acceptors (Lipinski definition) is 4. The third-order valence-corrected chi connectivity index (χ3v) is 3.96. The summed E-state index contributed by atoms with van der Waals surface area (Å²) in [6.45, 7) is 6.81. The summed E-state index contributed by atoms with van der Waals surface area (Å²) in [6, 6.07) is 0. The Kier molecular flexibility index (Phi) is 6.57. The van der Waals surface area contributed by atoms with Gasteiger partial charge in [-0.15, -0.1) is 16.7 Å². The standard InChI is InChI=1S/C12H20ClN3OS/c1-8(2)10-11(18-16-15-10)12(17)14-6-4-5-9(3)7-13/h8-9H,4-7H2,1-3H3,(H,14,17). The number of rotatable bonds is 7. The number of hydrogen-bond donors (Lipinski definition) is 1. The number of alkyl halides is 1. The van der Waals surface area contributed by atoms with Crippen molar-refractivity contribution in [3.8, 4) is 0 Å². The smallest absolute Gasteiger partial charge is 0.264 e. The molecule has 1 rings (SSSR count). The van der Waals surface area contributed by atoms with E-state index in [1.54, 1.807) is 0 Å². The lowest BCUT2D eigenvalue weighted by Gasteiger charge is -2.08. The zero-order valence-corrected chi connectivity index (χ0v) is 12.6. The van der Waals surface area contributed by atoms with Crippen molar-refractivity contribution < 1.29 is 4.79 Å². The molecule has 1 N–H and O–H groups in total. The van der Waals surface area contributed by atoms with E-state index in [0.717, 1.165) is 30.1 Å². The molecule has 1 amide bonds. The van der Waals surface area contributed by atoms with Crippen LogP contribution < -0.4 is 5.32 Å². The molecule has 4 nitrogen and oxygen atoms in total. The van der Waals surface area contributed by atoms with Crippen LogP contribution >= 0.6 is 23.1 Å². The molecule has 0 fully saturated rings. The van der Waals surface area contributed by atoms with Gasteiger partial charge < -0.3 is 5.32 Å². The first-order valence-electron chi connectivity index (χ1n) is 6.22. The van der Waals surface area contributed by atoms with Crippen molar-refractivity contribution in [1.82, 2.24) is 14.9 Å². The summed E-state index contributed by atoms with van der Waals surface area (Å²) in [6.07, 6.45) is 1.98. The van der Waals surface area contributed by atoms with Gasteiger partial charge in [0.15, 0.2) is 0 Å². The Labute approximate surface area is 117 Å². The highest BCUT2D eigenvalue weighted by atomic mass is 35.5. The first-order valence-corrected chi connectivity index (χ1v) is 7.53. The highest BCUT2D eigenvalue weighted by molar-refractivity contribution is 7.08. The predicted molar refractivity (Wildman–Crippen MR) is 75.4 cm³/mol. The highest BCUT2D eigenvalue weighted by Gasteiger charge is 2.18. The normalized spacial score (nSPS) is 12.7. The van der Waals surface area contributed by atoms with E-state index in [4.69, 9.17) is 11.6 Å². The van der Waals surface area contributed by atoms with Crippen LogP contribution in [-0.2, 0) is 0 Å². The summed E-state index contributed by atoms with van der Waals surface area (Å²) in [5.74, 6) is 1.33. The summed E-state index contributed by atoms with van der Waals surface area (Å²) >= 11 is 6.89. The van der Waals surface area contributed by atoms with Crippen molar-refractivity contribution in [2.24, 2.45) is 5.92 Å². The maximum Gasteiger partial charge on any atom is 0.264 e. The Hall–Kier alpha value is -0.680. The van der Waals surface area contributed by atoms with Crippen molar-refractivity contribution in [1.29, 1.82) is 0 Å². The average Bonchev–Trinajstić information content (AvgIpc) is 2.83. The van der Waals surface area contributed by atoms with E-state index in [1.807, 2.05) is 13.8 Å². The minimum absolute atomic E-state index is 0.0628. The Bertz CT molecular complexity index is 381. The molecule has 0 saturated carbocycles. The molecule has 102 valence electrons. The van der Waals surface area contributed by atoms with Gasteiger partial charge in [0.1, 0.15) is 4.88 Å². The van der Waals surface area contributed by atoms with Crippen LogP contribution in [0.5, 0.6) is 0 Å². The molecule has 0 spiro atoms. The Morgan fingerprint density at radius 2 is 2.17 bits per heavy atom. The summed E-state index contributed by atoms with van der Waals surface area (Å²) in [4.78, 5) is 12.6. The van der Waals surface area contributed by atoms with Crippen molar-refractivity contribution in [2.75, 3.05) is 12.4 Å². The zero-order valence-electron chi connectivity index (χ0n) is 11.1. The maximum absolute atomic E-state index is 11.9. The van der Waals surface area contributed by atoms with Crippen LogP contribution in [0.3, 0.4) is 0 Å². The minimum Gasteiger partial charge on any atom is -0.351 e. The lowest BCUT2D eigenvalue weighted by molar-refractivity contribution is 0.0955. The van der Waals surface area contributed by atoms with Gasteiger partial charge in [0.2, 0.25) is 0 Å². The molecule has 1 aromatic rings. The van der Waals surface area contributed by atoms with Gasteiger partial charge in [-0.3, -0.25) is 4.79 Å². The van der Waals surface area contributed by atoms with E-state index in [2.05, 4.69) is 21.8 Å². The fraction of sp³-hybridized carbons (Fsp3) is 0.750. The van der Waals surface area contributed by atoms with Gasteiger partial charge in [0, 0.05) is 12.4 Å². The fourth-order valence-electron chi connectivity index (χ4n) is 1.54. The van der Waals surface area contributed by atoms with Crippen LogP contribution in [0.1, 0.15) is 54.9 Å². The number of nitrogens with zero attached hydrogens (tertiary/aromatic N) is 2. The molecule has 1 aromatic heterocycles. The summed E-state index contributed by atoms with van der Waals surface area (Å²) in [5, 5.41) is 6.90. The minimum atomic E-state index is -0.0628. The van der Waals surface area contributed by atoms with Crippen LogP contribution in [-0.4, -0.2) is 27.9 Å². The van der Waals surface area contributed by atoms with Crippen LogP contribution in [0, 0.1) is 5.92 Å². The Morgan fingerprint density at radius 3 is 2.78 bits per heavy atom. The van der Waals surface area contributed by atoms with E-state index in [0.29, 0.717) is 23.2 Å². The molecule has 0 aromatic carbocycles. The molecule has 6 heteroatoms. The quantitative estimate of drug-likeness (QED) is 0.620. The number of nitrogens with one attached hydrogen (secondary N) is 1. The molecule has 1 atom stereocenters. The van der Waals surface area contributed by atoms with Crippen LogP contribution in [0.15, 0.2) is 0 Å². The number of carbonyl (C=O) groups excluding carboxylic acids is 1. The second kappa shape index (κ2) is 7.69. The van der Waals surface area contributed by atoms with Gasteiger partial charge in [-0.25, -0.2) is 0 Å². The first-order chi connectivity index (χ1) is 8.56. The molecule has 18 heavy (non-hydrogen) atoms. The van der Waals surface area contributed by atoms with E-state index in [1.165, 1.54) is 0 Å². The van der Waals surface area contributed by atoms with E-state index in [-0.39, 0.29) is 11.8 Å². The number of halogens is 1. The van der Waals surface area contributed by atoms with Gasteiger partial charge in [0.05, 0.1) is 5.69 Å². The van der Waals surface area contributed by atoms with Crippen molar-refractivity contribution in [3.05, 3.63) is 10.6 Å². The third kappa shape index (κ3) is 4.53. The van der Waals surface area contributed by atoms with E-state index >= 15 is 0 Å². The van der Waals surface area contributed by atoms with Crippen molar-refractivity contribution in [3.63, 3.8) is 0 Å². The molecule has 1 unspecified atom stereocenters. The first kappa shape index (κ1) is 15.4.